The summed E-state index contributed by atoms with van der Waals surface area (Å²) < 4.78 is 5.15. The van der Waals surface area contributed by atoms with Crippen LogP contribution in [0.2, 0.25) is 0 Å². The van der Waals surface area contributed by atoms with Crippen molar-refractivity contribution in [2.75, 3.05) is 19.0 Å². The van der Waals surface area contributed by atoms with E-state index in [0.717, 1.165) is 43.7 Å². The molecule has 0 aliphatic carbocycles. The zero-order chi connectivity index (χ0) is 17.5. The molecule has 1 aliphatic rings. The Bertz CT molecular complexity index is 673. The number of amides is 2. The van der Waals surface area contributed by atoms with Gasteiger partial charge in [0.15, 0.2) is 0 Å². The number of urea groups is 1. The van der Waals surface area contributed by atoms with Gasteiger partial charge in [-0.05, 0) is 68.0 Å². The number of aryl methyl sites for hydroxylation is 1. The summed E-state index contributed by atoms with van der Waals surface area (Å²) >= 11 is 0. The van der Waals surface area contributed by atoms with Crippen LogP contribution in [0.15, 0.2) is 48.8 Å². The number of rotatable bonds is 5. The molecule has 1 atom stereocenters. The summed E-state index contributed by atoms with van der Waals surface area (Å²) in [6.45, 7) is 0.819. The minimum Gasteiger partial charge on any atom is -0.497 e. The predicted molar refractivity (Wildman–Crippen MR) is 98.9 cm³/mol. The molecule has 1 aromatic carbocycles. The molecule has 3 rings (SSSR count). The number of hydrogen-bond donors (Lipinski definition) is 1. The molecule has 0 radical (unpaired) electrons. The Morgan fingerprint density at radius 3 is 2.84 bits per heavy atom. The van der Waals surface area contributed by atoms with Gasteiger partial charge in [0.1, 0.15) is 5.75 Å². The maximum Gasteiger partial charge on any atom is 0.322 e. The Balaban J connectivity index is 1.60. The number of nitrogens with one attached hydrogen (secondary N) is 1. The monoisotopic (exact) mass is 339 g/mol. The number of nitrogens with zero attached hydrogens (tertiary/aromatic N) is 2. The van der Waals surface area contributed by atoms with Crippen LogP contribution in [-0.4, -0.2) is 35.6 Å². The second kappa shape index (κ2) is 8.51. The zero-order valence-electron chi connectivity index (χ0n) is 14.6. The first kappa shape index (κ1) is 17.3. The summed E-state index contributed by atoms with van der Waals surface area (Å²) in [4.78, 5) is 18.9. The van der Waals surface area contributed by atoms with Gasteiger partial charge in [-0.3, -0.25) is 4.98 Å². The molecule has 2 amide bonds. The van der Waals surface area contributed by atoms with Crippen molar-refractivity contribution >= 4 is 11.7 Å². The first-order chi connectivity index (χ1) is 12.3. The molecule has 5 nitrogen and oxygen atoms in total. The van der Waals surface area contributed by atoms with Crippen LogP contribution in [0.4, 0.5) is 10.5 Å². The number of anilines is 1. The quantitative estimate of drug-likeness (QED) is 0.892. The minimum absolute atomic E-state index is 0.0129. The lowest BCUT2D eigenvalue weighted by atomic mass is 9.96. The number of piperidine rings is 1. The molecule has 1 N–H and O–H groups in total. The second-order valence-corrected chi connectivity index (χ2v) is 6.40. The highest BCUT2D eigenvalue weighted by Crippen LogP contribution is 2.23. The van der Waals surface area contributed by atoms with Gasteiger partial charge < -0.3 is 15.0 Å². The maximum absolute atomic E-state index is 12.7. The van der Waals surface area contributed by atoms with E-state index in [-0.39, 0.29) is 12.1 Å². The van der Waals surface area contributed by atoms with E-state index < -0.39 is 0 Å². The van der Waals surface area contributed by atoms with Gasteiger partial charge in [-0.2, -0.15) is 0 Å². The van der Waals surface area contributed by atoms with Gasteiger partial charge in [-0.15, -0.1) is 0 Å². The lowest BCUT2D eigenvalue weighted by molar-refractivity contribution is 0.158. The van der Waals surface area contributed by atoms with E-state index >= 15 is 0 Å². The van der Waals surface area contributed by atoms with Crippen LogP contribution in [0.1, 0.15) is 31.2 Å². The highest BCUT2D eigenvalue weighted by atomic mass is 16.5. The summed E-state index contributed by atoms with van der Waals surface area (Å²) in [7, 11) is 1.63. The van der Waals surface area contributed by atoms with E-state index in [9.17, 15) is 4.79 Å². The molecule has 1 saturated heterocycles. The predicted octanol–water partition coefficient (Wildman–Crippen LogP) is 4.11. The van der Waals surface area contributed by atoms with Crippen molar-refractivity contribution in [3.8, 4) is 5.75 Å². The topological polar surface area (TPSA) is 54.5 Å². The van der Waals surface area contributed by atoms with Crippen LogP contribution in [-0.2, 0) is 6.42 Å². The van der Waals surface area contributed by atoms with Crippen molar-refractivity contribution in [3.05, 3.63) is 54.4 Å². The Hall–Kier alpha value is -2.56. The van der Waals surface area contributed by atoms with Crippen molar-refractivity contribution in [2.45, 2.75) is 38.1 Å². The third-order valence-electron chi connectivity index (χ3n) is 4.72. The number of hydrogen-bond acceptors (Lipinski definition) is 3. The smallest absolute Gasteiger partial charge is 0.322 e. The molecule has 1 fully saturated rings. The molecule has 5 heteroatoms. The number of carbonyl (C=O) groups is 1. The highest BCUT2D eigenvalue weighted by molar-refractivity contribution is 5.89. The molecule has 0 bridgehead atoms. The third kappa shape index (κ3) is 4.72. The zero-order valence-corrected chi connectivity index (χ0v) is 14.6. The van der Waals surface area contributed by atoms with Gasteiger partial charge >= 0.3 is 6.03 Å². The molecule has 1 aliphatic heterocycles. The summed E-state index contributed by atoms with van der Waals surface area (Å²) in [5.41, 5.74) is 2.02. The third-order valence-corrected chi connectivity index (χ3v) is 4.72. The van der Waals surface area contributed by atoms with E-state index in [0.29, 0.717) is 0 Å². The Labute approximate surface area is 149 Å². The van der Waals surface area contributed by atoms with Crippen LogP contribution in [0.5, 0.6) is 5.75 Å². The molecule has 2 aromatic rings. The average molecular weight is 339 g/mol. The van der Waals surface area contributed by atoms with E-state index in [1.165, 1.54) is 12.0 Å². The van der Waals surface area contributed by atoms with Crippen LogP contribution in [0.25, 0.3) is 0 Å². The molecule has 2 heterocycles. The molecular formula is C20H25N3O2. The molecule has 25 heavy (non-hydrogen) atoms. The van der Waals surface area contributed by atoms with Crippen molar-refractivity contribution in [1.29, 1.82) is 0 Å². The van der Waals surface area contributed by atoms with Gasteiger partial charge in [0, 0.05) is 30.7 Å². The standard InChI is InChI=1S/C20H25N3O2/c1-25-19-11-8-17(9-12-19)22-20(24)23-14-3-2-6-18(23)10-7-16-5-4-13-21-15-16/h4-5,8-9,11-13,15,18H,2-3,6-7,10,14H2,1H3,(H,22,24). The first-order valence-electron chi connectivity index (χ1n) is 8.87. The van der Waals surface area contributed by atoms with Crippen LogP contribution in [0, 0.1) is 0 Å². The number of likely N-dealkylation sites (tertiary alicyclic amines) is 1. The molecule has 1 aromatic heterocycles. The van der Waals surface area contributed by atoms with Crippen molar-refractivity contribution in [1.82, 2.24) is 9.88 Å². The Morgan fingerprint density at radius 2 is 2.12 bits per heavy atom. The maximum atomic E-state index is 12.7. The number of benzene rings is 1. The van der Waals surface area contributed by atoms with Crippen LogP contribution < -0.4 is 10.1 Å². The van der Waals surface area contributed by atoms with Gasteiger partial charge in [0.05, 0.1) is 7.11 Å². The fourth-order valence-corrected chi connectivity index (χ4v) is 3.32. The van der Waals surface area contributed by atoms with Gasteiger partial charge in [0.2, 0.25) is 0 Å². The number of pyridine rings is 1. The van der Waals surface area contributed by atoms with E-state index in [1.807, 2.05) is 41.4 Å². The fourth-order valence-electron chi connectivity index (χ4n) is 3.32. The van der Waals surface area contributed by atoms with Crippen LogP contribution >= 0.6 is 0 Å². The normalized spacial score (nSPS) is 17.2. The highest BCUT2D eigenvalue weighted by Gasteiger charge is 2.26. The van der Waals surface area contributed by atoms with E-state index in [1.54, 1.807) is 13.3 Å². The molecule has 132 valence electrons. The number of ether oxygens (including phenoxy) is 1. The molecule has 0 saturated carbocycles. The van der Waals surface area contributed by atoms with Crippen molar-refractivity contribution in [3.63, 3.8) is 0 Å². The van der Waals surface area contributed by atoms with Crippen LogP contribution in [0.3, 0.4) is 0 Å². The van der Waals surface area contributed by atoms with Gasteiger partial charge in [-0.25, -0.2) is 4.79 Å². The van der Waals surface area contributed by atoms with Crippen molar-refractivity contribution < 1.29 is 9.53 Å². The van der Waals surface area contributed by atoms with Crippen molar-refractivity contribution in [2.24, 2.45) is 0 Å². The molecule has 1 unspecified atom stereocenters. The average Bonchev–Trinajstić information content (AvgIpc) is 2.68. The second-order valence-electron chi connectivity index (χ2n) is 6.40. The molecular weight excluding hydrogens is 314 g/mol. The largest absolute Gasteiger partial charge is 0.497 e. The van der Waals surface area contributed by atoms with E-state index in [4.69, 9.17) is 4.74 Å². The summed E-state index contributed by atoms with van der Waals surface area (Å²) in [5, 5.41) is 3.01. The fraction of sp³-hybridized carbons (Fsp3) is 0.400. The lowest BCUT2D eigenvalue weighted by Crippen LogP contribution is -2.46. The Kier molecular flexibility index (Phi) is 5.88. The molecule has 0 spiro atoms. The summed E-state index contributed by atoms with van der Waals surface area (Å²) in [6.07, 6.45) is 8.94. The van der Waals surface area contributed by atoms with E-state index in [2.05, 4.69) is 16.4 Å². The minimum atomic E-state index is -0.0129. The summed E-state index contributed by atoms with van der Waals surface area (Å²) in [5.74, 6) is 0.783. The summed E-state index contributed by atoms with van der Waals surface area (Å²) in [6, 6.07) is 11.8. The van der Waals surface area contributed by atoms with Gasteiger partial charge in [-0.1, -0.05) is 6.07 Å². The number of methoxy groups -OCH3 is 1. The SMILES string of the molecule is COc1ccc(NC(=O)N2CCCCC2CCc2cccnc2)cc1. The number of aromatic nitrogens is 1. The Morgan fingerprint density at radius 1 is 1.28 bits per heavy atom. The number of carbonyl (C=O) groups excluding carboxylic acids is 1. The van der Waals surface area contributed by atoms with Gasteiger partial charge in [0.25, 0.3) is 0 Å². The first-order valence-corrected chi connectivity index (χ1v) is 8.87. The lowest BCUT2D eigenvalue weighted by Gasteiger charge is -2.36.